The topological polar surface area (TPSA) is 41.6 Å². The van der Waals surface area contributed by atoms with Gasteiger partial charge in [-0.2, -0.15) is 0 Å². The summed E-state index contributed by atoms with van der Waals surface area (Å²) in [5.74, 6) is -0.00399. The van der Waals surface area contributed by atoms with Crippen molar-refractivity contribution in [3.8, 4) is 0 Å². The Morgan fingerprint density at radius 1 is 1.14 bits per heavy atom. The lowest BCUT2D eigenvalue weighted by Crippen LogP contribution is -2.32. The van der Waals surface area contributed by atoms with E-state index in [1.807, 2.05) is 12.1 Å². The number of piperidine rings is 1. The second-order valence-electron chi connectivity index (χ2n) is 5.94. The van der Waals surface area contributed by atoms with Crippen LogP contribution in [0.1, 0.15) is 42.5 Å². The van der Waals surface area contributed by atoms with Gasteiger partial charge in [-0.1, -0.05) is 0 Å². The predicted octanol–water partition coefficient (Wildman–Crippen LogP) is 2.59. The van der Waals surface area contributed by atoms with E-state index >= 15 is 0 Å². The first-order valence-corrected chi connectivity index (χ1v) is 8.08. The zero-order chi connectivity index (χ0) is 14.5. The fourth-order valence-corrected chi connectivity index (χ4v) is 3.09. The summed E-state index contributed by atoms with van der Waals surface area (Å²) in [7, 11) is 0. The number of nitrogens with zero attached hydrogens (tertiary/aromatic N) is 1. The minimum Gasteiger partial charge on any atom is -0.376 e. The standard InChI is InChI=1S/C17H24N2O2/c20-17(18-13-16-5-4-12-21-16)14-6-8-15(9-7-14)19-10-2-1-3-11-19/h6-9,16H,1-5,10-13H2,(H,18,20)/t16-/m1/s1. The Bertz CT molecular complexity index is 460. The van der Waals surface area contributed by atoms with Crippen LogP contribution in [-0.4, -0.2) is 38.3 Å². The Morgan fingerprint density at radius 3 is 2.57 bits per heavy atom. The number of benzene rings is 1. The Morgan fingerprint density at radius 2 is 1.90 bits per heavy atom. The molecule has 2 aliphatic heterocycles. The molecule has 1 aromatic carbocycles. The van der Waals surface area contributed by atoms with Gasteiger partial charge in [0, 0.05) is 37.5 Å². The molecule has 114 valence electrons. The molecule has 4 nitrogen and oxygen atoms in total. The molecule has 1 aromatic rings. The maximum Gasteiger partial charge on any atom is 0.251 e. The Labute approximate surface area is 126 Å². The quantitative estimate of drug-likeness (QED) is 0.926. The highest BCUT2D eigenvalue weighted by Gasteiger charge is 2.17. The van der Waals surface area contributed by atoms with Crippen molar-refractivity contribution in [2.24, 2.45) is 0 Å². The molecule has 2 heterocycles. The average Bonchev–Trinajstić information content (AvgIpc) is 3.07. The van der Waals surface area contributed by atoms with Crippen molar-refractivity contribution in [3.05, 3.63) is 29.8 Å². The minimum atomic E-state index is -0.00399. The molecule has 0 unspecified atom stereocenters. The molecule has 0 radical (unpaired) electrons. The van der Waals surface area contributed by atoms with Crippen LogP contribution in [0.4, 0.5) is 5.69 Å². The molecule has 2 aliphatic rings. The molecular weight excluding hydrogens is 264 g/mol. The highest BCUT2D eigenvalue weighted by Crippen LogP contribution is 2.20. The van der Waals surface area contributed by atoms with Crippen LogP contribution in [0.15, 0.2) is 24.3 Å². The molecule has 0 saturated carbocycles. The molecule has 1 N–H and O–H groups in total. The maximum absolute atomic E-state index is 12.1. The first-order chi connectivity index (χ1) is 10.3. The van der Waals surface area contributed by atoms with Crippen LogP contribution < -0.4 is 10.2 Å². The van der Waals surface area contributed by atoms with Crippen LogP contribution in [0, 0.1) is 0 Å². The third-order valence-electron chi connectivity index (χ3n) is 4.36. The van der Waals surface area contributed by atoms with Crippen LogP contribution in [0.2, 0.25) is 0 Å². The summed E-state index contributed by atoms with van der Waals surface area (Å²) in [6.45, 7) is 3.70. The van der Waals surface area contributed by atoms with Crippen molar-refractivity contribution >= 4 is 11.6 Å². The summed E-state index contributed by atoms with van der Waals surface area (Å²) in [5, 5.41) is 2.96. The van der Waals surface area contributed by atoms with Crippen molar-refractivity contribution in [1.29, 1.82) is 0 Å². The van der Waals surface area contributed by atoms with E-state index in [0.29, 0.717) is 6.54 Å². The number of hydrogen-bond acceptors (Lipinski definition) is 3. The Hall–Kier alpha value is -1.55. The maximum atomic E-state index is 12.1. The highest BCUT2D eigenvalue weighted by molar-refractivity contribution is 5.94. The summed E-state index contributed by atoms with van der Waals surface area (Å²) >= 11 is 0. The van der Waals surface area contributed by atoms with Crippen LogP contribution >= 0.6 is 0 Å². The van der Waals surface area contributed by atoms with Crippen LogP contribution in [0.5, 0.6) is 0 Å². The third kappa shape index (κ3) is 3.76. The molecule has 21 heavy (non-hydrogen) atoms. The molecule has 0 spiro atoms. The molecular formula is C17H24N2O2. The summed E-state index contributed by atoms with van der Waals surface area (Å²) in [4.78, 5) is 14.5. The van der Waals surface area contributed by atoms with E-state index in [0.717, 1.165) is 38.1 Å². The number of carbonyl (C=O) groups excluding carboxylic acids is 1. The summed E-state index contributed by atoms with van der Waals surface area (Å²) in [5.41, 5.74) is 1.96. The Kier molecular flexibility index (Phi) is 4.76. The fraction of sp³-hybridized carbons (Fsp3) is 0.588. The van der Waals surface area contributed by atoms with E-state index in [2.05, 4.69) is 22.3 Å². The average molecular weight is 288 g/mol. The van der Waals surface area contributed by atoms with Crippen LogP contribution in [0.25, 0.3) is 0 Å². The van der Waals surface area contributed by atoms with Crippen molar-refractivity contribution < 1.29 is 9.53 Å². The van der Waals surface area contributed by atoms with Crippen molar-refractivity contribution in [3.63, 3.8) is 0 Å². The predicted molar refractivity (Wildman–Crippen MR) is 83.8 cm³/mol. The number of anilines is 1. The van der Waals surface area contributed by atoms with Gasteiger partial charge in [-0.05, 0) is 56.4 Å². The number of nitrogens with one attached hydrogen (secondary N) is 1. The molecule has 4 heteroatoms. The smallest absolute Gasteiger partial charge is 0.251 e. The molecule has 0 aliphatic carbocycles. The lowest BCUT2D eigenvalue weighted by molar-refractivity contribution is 0.0858. The monoisotopic (exact) mass is 288 g/mol. The SMILES string of the molecule is O=C(NC[C@H]1CCCO1)c1ccc(N2CCCCC2)cc1. The van der Waals surface area contributed by atoms with Crippen LogP contribution in [0.3, 0.4) is 0 Å². The Balaban J connectivity index is 1.54. The van der Waals surface area contributed by atoms with Gasteiger partial charge in [0.25, 0.3) is 5.91 Å². The van der Waals surface area contributed by atoms with Gasteiger partial charge in [-0.3, -0.25) is 4.79 Å². The number of rotatable bonds is 4. The number of hydrogen-bond donors (Lipinski definition) is 1. The molecule has 0 aromatic heterocycles. The second kappa shape index (κ2) is 6.94. The van der Waals surface area contributed by atoms with E-state index in [9.17, 15) is 4.79 Å². The van der Waals surface area contributed by atoms with Gasteiger partial charge >= 0.3 is 0 Å². The van der Waals surface area contributed by atoms with Gasteiger partial charge in [0.05, 0.1) is 6.10 Å². The van der Waals surface area contributed by atoms with Gasteiger partial charge < -0.3 is 15.0 Å². The lowest BCUT2D eigenvalue weighted by atomic mass is 10.1. The van der Waals surface area contributed by atoms with Crippen LogP contribution in [-0.2, 0) is 4.74 Å². The van der Waals surface area contributed by atoms with Crippen molar-refractivity contribution in [2.75, 3.05) is 31.1 Å². The highest BCUT2D eigenvalue weighted by atomic mass is 16.5. The largest absolute Gasteiger partial charge is 0.376 e. The van der Waals surface area contributed by atoms with Crippen molar-refractivity contribution in [1.82, 2.24) is 5.32 Å². The number of carbonyl (C=O) groups is 1. The summed E-state index contributed by atoms with van der Waals surface area (Å²) in [6.07, 6.45) is 6.22. The molecule has 1 atom stereocenters. The zero-order valence-electron chi connectivity index (χ0n) is 12.5. The van der Waals surface area contributed by atoms with Gasteiger partial charge in [-0.15, -0.1) is 0 Å². The van der Waals surface area contributed by atoms with Gasteiger partial charge in [0.2, 0.25) is 0 Å². The molecule has 3 rings (SSSR count). The fourth-order valence-electron chi connectivity index (χ4n) is 3.09. The first-order valence-electron chi connectivity index (χ1n) is 8.08. The lowest BCUT2D eigenvalue weighted by Gasteiger charge is -2.28. The zero-order valence-corrected chi connectivity index (χ0v) is 12.5. The second-order valence-corrected chi connectivity index (χ2v) is 5.94. The van der Waals surface area contributed by atoms with Gasteiger partial charge in [0.15, 0.2) is 0 Å². The van der Waals surface area contributed by atoms with E-state index in [-0.39, 0.29) is 12.0 Å². The van der Waals surface area contributed by atoms with E-state index < -0.39 is 0 Å². The first kappa shape index (κ1) is 14.4. The van der Waals surface area contributed by atoms with Gasteiger partial charge in [0.1, 0.15) is 0 Å². The van der Waals surface area contributed by atoms with E-state index in [4.69, 9.17) is 4.74 Å². The summed E-state index contributed by atoms with van der Waals surface area (Å²) in [6, 6.07) is 7.97. The van der Waals surface area contributed by atoms with E-state index in [1.54, 1.807) is 0 Å². The number of amides is 1. The summed E-state index contributed by atoms with van der Waals surface area (Å²) < 4.78 is 5.52. The molecule has 2 fully saturated rings. The minimum absolute atomic E-state index is 0.00399. The molecule has 1 amide bonds. The third-order valence-corrected chi connectivity index (χ3v) is 4.36. The van der Waals surface area contributed by atoms with Gasteiger partial charge in [-0.25, -0.2) is 0 Å². The number of ether oxygens (including phenoxy) is 1. The van der Waals surface area contributed by atoms with Crippen molar-refractivity contribution in [2.45, 2.75) is 38.2 Å². The molecule has 0 bridgehead atoms. The van der Waals surface area contributed by atoms with E-state index in [1.165, 1.54) is 24.9 Å². The normalized spacial score (nSPS) is 22.3. The molecule has 2 saturated heterocycles.